The largest absolute Gasteiger partial charge is 0.323 e. The first-order chi connectivity index (χ1) is 5.75. The van der Waals surface area contributed by atoms with E-state index in [4.69, 9.17) is 5.84 Å². The van der Waals surface area contributed by atoms with Crippen LogP contribution in [0.4, 0.5) is 8.78 Å². The fourth-order valence-electron chi connectivity index (χ4n) is 0.907. The molecule has 1 aromatic rings. The van der Waals surface area contributed by atoms with E-state index < -0.39 is 6.43 Å². The Hall–Kier alpha value is -1.45. The van der Waals surface area contributed by atoms with Gasteiger partial charge in [0.25, 0.3) is 6.43 Å². The quantitative estimate of drug-likeness (QED) is 0.411. The zero-order valence-electron chi connectivity index (χ0n) is 6.24. The lowest BCUT2D eigenvalue weighted by molar-refractivity contribution is 0.151. The van der Waals surface area contributed by atoms with Crippen molar-refractivity contribution >= 4 is 6.21 Å². The number of alkyl halides is 2. The average molecular weight is 170 g/mol. The van der Waals surface area contributed by atoms with Gasteiger partial charge in [-0.3, -0.25) is 0 Å². The molecule has 12 heavy (non-hydrogen) atoms. The number of nitrogens with two attached hydrogens (primary N) is 1. The molecule has 0 aromatic heterocycles. The van der Waals surface area contributed by atoms with Crippen LogP contribution < -0.4 is 5.84 Å². The van der Waals surface area contributed by atoms with E-state index in [0.717, 1.165) is 0 Å². The van der Waals surface area contributed by atoms with E-state index in [9.17, 15) is 8.78 Å². The van der Waals surface area contributed by atoms with Gasteiger partial charge in [0.2, 0.25) is 0 Å². The lowest BCUT2D eigenvalue weighted by Crippen LogP contribution is -1.94. The Kier molecular flexibility index (Phi) is 2.74. The maximum atomic E-state index is 12.2. The predicted octanol–water partition coefficient (Wildman–Crippen LogP) is 1.92. The van der Waals surface area contributed by atoms with Gasteiger partial charge in [0.15, 0.2) is 0 Å². The molecular weight excluding hydrogens is 162 g/mol. The molecule has 0 atom stereocenters. The lowest BCUT2D eigenvalue weighted by Gasteiger charge is -2.02. The summed E-state index contributed by atoms with van der Waals surface area (Å²) >= 11 is 0. The molecule has 64 valence electrons. The van der Waals surface area contributed by atoms with E-state index in [-0.39, 0.29) is 5.56 Å². The number of hydrazone groups is 1. The van der Waals surface area contributed by atoms with E-state index in [0.29, 0.717) is 5.56 Å². The molecule has 0 aliphatic rings. The Labute approximate surface area is 68.7 Å². The number of hydrogen-bond donors (Lipinski definition) is 1. The SMILES string of the molecule is NN=Cc1ccccc1C(F)F. The predicted molar refractivity (Wildman–Crippen MR) is 43.2 cm³/mol. The summed E-state index contributed by atoms with van der Waals surface area (Å²) in [6, 6.07) is 6.10. The third kappa shape index (κ3) is 1.78. The first kappa shape index (κ1) is 8.64. The first-order valence-corrected chi connectivity index (χ1v) is 3.36. The summed E-state index contributed by atoms with van der Waals surface area (Å²) in [5, 5.41) is 3.19. The number of hydrogen-bond acceptors (Lipinski definition) is 2. The molecule has 0 aliphatic heterocycles. The number of rotatable bonds is 2. The first-order valence-electron chi connectivity index (χ1n) is 3.36. The standard InChI is InChI=1S/C8H8F2N2/c9-8(10)7-4-2-1-3-6(7)5-12-11/h1-5,8H,11H2. The van der Waals surface area contributed by atoms with Crippen LogP contribution in [0.25, 0.3) is 0 Å². The second-order valence-corrected chi connectivity index (χ2v) is 2.21. The van der Waals surface area contributed by atoms with Gasteiger partial charge in [-0.05, 0) is 0 Å². The van der Waals surface area contributed by atoms with Crippen molar-refractivity contribution in [2.24, 2.45) is 10.9 Å². The van der Waals surface area contributed by atoms with E-state index in [1.807, 2.05) is 0 Å². The molecule has 0 saturated carbocycles. The topological polar surface area (TPSA) is 38.4 Å². The third-order valence-corrected chi connectivity index (χ3v) is 1.44. The summed E-state index contributed by atoms with van der Waals surface area (Å²) in [5.74, 6) is 4.85. The van der Waals surface area contributed by atoms with Gasteiger partial charge >= 0.3 is 0 Å². The highest BCUT2D eigenvalue weighted by Gasteiger charge is 2.09. The average Bonchev–Trinajstić information content (AvgIpc) is 2.05. The zero-order valence-corrected chi connectivity index (χ0v) is 6.24. The van der Waals surface area contributed by atoms with Crippen LogP contribution in [-0.2, 0) is 0 Å². The summed E-state index contributed by atoms with van der Waals surface area (Å²) in [6.07, 6.45) is -1.28. The fourth-order valence-corrected chi connectivity index (χ4v) is 0.907. The second-order valence-electron chi connectivity index (χ2n) is 2.21. The van der Waals surface area contributed by atoms with Crippen molar-refractivity contribution in [3.8, 4) is 0 Å². The zero-order chi connectivity index (χ0) is 8.97. The second kappa shape index (κ2) is 3.80. The molecule has 0 spiro atoms. The Morgan fingerprint density at radius 1 is 1.33 bits per heavy atom. The summed E-state index contributed by atoms with van der Waals surface area (Å²) < 4.78 is 24.5. The van der Waals surface area contributed by atoms with Crippen LogP contribution in [0.2, 0.25) is 0 Å². The molecule has 2 nitrogen and oxygen atoms in total. The van der Waals surface area contributed by atoms with Gasteiger partial charge in [-0.15, -0.1) is 0 Å². The molecule has 0 aliphatic carbocycles. The molecule has 0 bridgehead atoms. The van der Waals surface area contributed by atoms with Crippen molar-refractivity contribution in [1.82, 2.24) is 0 Å². The van der Waals surface area contributed by atoms with Gasteiger partial charge in [0, 0.05) is 11.1 Å². The molecule has 0 radical (unpaired) electrons. The van der Waals surface area contributed by atoms with Gasteiger partial charge < -0.3 is 5.84 Å². The van der Waals surface area contributed by atoms with Crippen molar-refractivity contribution in [3.05, 3.63) is 35.4 Å². The summed E-state index contributed by atoms with van der Waals surface area (Å²) in [5.41, 5.74) is 0.307. The number of halogens is 2. The minimum Gasteiger partial charge on any atom is -0.323 e. The van der Waals surface area contributed by atoms with Crippen LogP contribution in [0.1, 0.15) is 17.6 Å². The molecule has 0 heterocycles. The van der Waals surface area contributed by atoms with Gasteiger partial charge in [0.05, 0.1) is 6.21 Å². The molecule has 0 unspecified atom stereocenters. The van der Waals surface area contributed by atoms with Crippen molar-refractivity contribution in [3.63, 3.8) is 0 Å². The van der Waals surface area contributed by atoms with Crippen molar-refractivity contribution in [2.75, 3.05) is 0 Å². The van der Waals surface area contributed by atoms with Gasteiger partial charge in [-0.2, -0.15) is 5.10 Å². The normalized spacial score (nSPS) is 11.2. The van der Waals surface area contributed by atoms with E-state index in [1.165, 1.54) is 18.3 Å². The molecule has 0 fully saturated rings. The van der Waals surface area contributed by atoms with E-state index >= 15 is 0 Å². The van der Waals surface area contributed by atoms with Crippen molar-refractivity contribution < 1.29 is 8.78 Å². The van der Waals surface area contributed by atoms with Crippen molar-refractivity contribution in [1.29, 1.82) is 0 Å². The lowest BCUT2D eigenvalue weighted by atomic mass is 10.1. The highest BCUT2D eigenvalue weighted by Crippen LogP contribution is 2.20. The van der Waals surface area contributed by atoms with Gasteiger partial charge in [-0.1, -0.05) is 24.3 Å². The Bertz CT molecular complexity index is 284. The van der Waals surface area contributed by atoms with Gasteiger partial charge in [-0.25, -0.2) is 8.78 Å². The number of nitrogens with zero attached hydrogens (tertiary/aromatic N) is 1. The Morgan fingerprint density at radius 3 is 2.58 bits per heavy atom. The van der Waals surface area contributed by atoms with Crippen LogP contribution >= 0.6 is 0 Å². The van der Waals surface area contributed by atoms with Gasteiger partial charge in [0.1, 0.15) is 0 Å². The Balaban J connectivity index is 3.08. The highest BCUT2D eigenvalue weighted by atomic mass is 19.3. The molecule has 2 N–H and O–H groups in total. The minimum absolute atomic E-state index is 0.0494. The maximum Gasteiger partial charge on any atom is 0.264 e. The third-order valence-electron chi connectivity index (χ3n) is 1.44. The van der Waals surface area contributed by atoms with Crippen LogP contribution in [0.3, 0.4) is 0 Å². The smallest absolute Gasteiger partial charge is 0.264 e. The molecule has 4 heteroatoms. The van der Waals surface area contributed by atoms with E-state index in [1.54, 1.807) is 12.1 Å². The molecule has 0 saturated heterocycles. The Morgan fingerprint density at radius 2 is 2.00 bits per heavy atom. The molecule has 1 rings (SSSR count). The monoisotopic (exact) mass is 170 g/mol. The molecule has 1 aromatic carbocycles. The summed E-state index contributed by atoms with van der Waals surface area (Å²) in [4.78, 5) is 0. The number of benzene rings is 1. The maximum absolute atomic E-state index is 12.2. The highest BCUT2D eigenvalue weighted by molar-refractivity contribution is 5.81. The summed E-state index contributed by atoms with van der Waals surface area (Å²) in [6.45, 7) is 0. The van der Waals surface area contributed by atoms with E-state index in [2.05, 4.69) is 5.10 Å². The molecular formula is C8H8F2N2. The summed E-state index contributed by atoms with van der Waals surface area (Å²) in [7, 11) is 0. The van der Waals surface area contributed by atoms with Crippen LogP contribution in [-0.4, -0.2) is 6.21 Å². The van der Waals surface area contributed by atoms with Crippen LogP contribution in [0, 0.1) is 0 Å². The van der Waals surface area contributed by atoms with Crippen LogP contribution in [0.5, 0.6) is 0 Å². The van der Waals surface area contributed by atoms with Crippen LogP contribution in [0.15, 0.2) is 29.4 Å². The fraction of sp³-hybridized carbons (Fsp3) is 0.125. The molecule has 0 amide bonds. The van der Waals surface area contributed by atoms with Crippen molar-refractivity contribution in [2.45, 2.75) is 6.43 Å². The minimum atomic E-state index is -2.49.